The maximum atomic E-state index is 12.7. The van der Waals surface area contributed by atoms with E-state index in [2.05, 4.69) is 9.71 Å². The molecule has 0 aliphatic rings. The summed E-state index contributed by atoms with van der Waals surface area (Å²) in [4.78, 5) is 28.3. The molecule has 2 aromatic heterocycles. The van der Waals surface area contributed by atoms with Gasteiger partial charge in [0.15, 0.2) is 0 Å². The van der Waals surface area contributed by atoms with Crippen LogP contribution in [0.2, 0.25) is 0 Å². The Balaban J connectivity index is 1.95. The fourth-order valence-electron chi connectivity index (χ4n) is 2.74. The van der Waals surface area contributed by atoms with Gasteiger partial charge in [-0.25, -0.2) is 27.6 Å². The second-order valence-corrected chi connectivity index (χ2v) is 9.48. The van der Waals surface area contributed by atoms with E-state index in [0.717, 1.165) is 10.8 Å². The highest BCUT2D eigenvalue weighted by Crippen LogP contribution is 2.28. The third kappa shape index (κ3) is 5.51. The van der Waals surface area contributed by atoms with Gasteiger partial charge in [0.2, 0.25) is 15.9 Å². The molecular formula is C20H21N3O7S. The second kappa shape index (κ2) is 7.91. The molecule has 10 nitrogen and oxygen atoms in total. The van der Waals surface area contributed by atoms with Gasteiger partial charge in [0.05, 0.1) is 23.7 Å². The average molecular weight is 447 g/mol. The lowest BCUT2D eigenvalue weighted by Crippen LogP contribution is -2.28. The summed E-state index contributed by atoms with van der Waals surface area (Å²) in [6, 6.07) is 9.02. The Bertz CT molecular complexity index is 1260. The number of carboxylic acids is 1. The molecule has 0 bridgehead atoms. The summed E-state index contributed by atoms with van der Waals surface area (Å²) < 4.78 is 36.8. The van der Waals surface area contributed by atoms with Gasteiger partial charge in [-0.2, -0.15) is 0 Å². The highest BCUT2D eigenvalue weighted by atomic mass is 32.2. The molecule has 0 unspecified atom stereocenters. The summed E-state index contributed by atoms with van der Waals surface area (Å²) in [6.45, 7) is 5.04. The zero-order valence-electron chi connectivity index (χ0n) is 17.2. The number of ether oxygens (including phenoxy) is 2. The van der Waals surface area contributed by atoms with Gasteiger partial charge in [-0.3, -0.25) is 4.72 Å². The van der Waals surface area contributed by atoms with Crippen LogP contribution in [0.4, 0.5) is 10.5 Å². The van der Waals surface area contributed by atoms with Crippen molar-refractivity contribution in [3.63, 3.8) is 0 Å². The van der Waals surface area contributed by atoms with Crippen LogP contribution in [0.1, 0.15) is 31.3 Å². The van der Waals surface area contributed by atoms with Crippen LogP contribution >= 0.6 is 0 Å². The van der Waals surface area contributed by atoms with Crippen LogP contribution < -0.4 is 9.46 Å². The molecule has 0 fully saturated rings. The minimum absolute atomic E-state index is 0.173. The number of carbonyl (C=O) groups excluding carboxylic acids is 1. The highest BCUT2D eigenvalue weighted by Gasteiger charge is 2.25. The summed E-state index contributed by atoms with van der Waals surface area (Å²) in [6.07, 6.45) is 1.49. The number of nitrogens with zero attached hydrogens (tertiary/aromatic N) is 2. The number of sulfonamides is 1. The first-order chi connectivity index (χ1) is 14.3. The van der Waals surface area contributed by atoms with Gasteiger partial charge in [0, 0.05) is 17.5 Å². The van der Waals surface area contributed by atoms with E-state index in [1.54, 1.807) is 32.9 Å². The van der Waals surface area contributed by atoms with Gasteiger partial charge in [0.25, 0.3) is 0 Å². The second-order valence-electron chi connectivity index (χ2n) is 7.73. The standard InChI is InChI=1S/C20H21N3O7S/c1-20(2,3)30-19(26)23-15-10-14(7-5-12(15)9-16(23)18(24)25)29-17-8-6-13(11-21-17)22-31(4,27)28/h5-11,22H,1-4H3,(H,24,25). The molecule has 2 N–H and O–H groups in total. The van der Waals surface area contributed by atoms with E-state index < -0.39 is 27.7 Å². The van der Waals surface area contributed by atoms with Crippen LogP contribution in [0.5, 0.6) is 11.6 Å². The molecule has 1 aromatic carbocycles. The van der Waals surface area contributed by atoms with Gasteiger partial charge < -0.3 is 14.6 Å². The maximum Gasteiger partial charge on any atom is 0.419 e. The Kier molecular flexibility index (Phi) is 5.64. The lowest BCUT2D eigenvalue weighted by atomic mass is 10.2. The molecule has 0 radical (unpaired) electrons. The first-order valence-electron chi connectivity index (χ1n) is 9.06. The van der Waals surface area contributed by atoms with Crippen molar-refractivity contribution in [3.8, 4) is 11.6 Å². The zero-order valence-corrected chi connectivity index (χ0v) is 18.1. The smallest absolute Gasteiger partial charge is 0.419 e. The number of carboxylic acid groups (broad SMARTS) is 1. The number of anilines is 1. The molecule has 3 rings (SSSR count). The van der Waals surface area contributed by atoms with Crippen molar-refractivity contribution in [2.24, 2.45) is 0 Å². The minimum atomic E-state index is -3.43. The minimum Gasteiger partial charge on any atom is -0.477 e. The Labute approximate surface area is 178 Å². The molecule has 31 heavy (non-hydrogen) atoms. The number of pyridine rings is 1. The molecule has 11 heteroatoms. The Morgan fingerprint density at radius 1 is 1.13 bits per heavy atom. The van der Waals surface area contributed by atoms with Gasteiger partial charge in [-0.15, -0.1) is 0 Å². The number of carbonyl (C=O) groups is 2. The van der Waals surface area contributed by atoms with E-state index in [0.29, 0.717) is 16.7 Å². The van der Waals surface area contributed by atoms with E-state index in [-0.39, 0.29) is 17.3 Å². The summed E-state index contributed by atoms with van der Waals surface area (Å²) in [7, 11) is -3.43. The third-order valence-corrected chi connectivity index (χ3v) is 4.44. The zero-order chi connectivity index (χ0) is 23.0. The lowest BCUT2D eigenvalue weighted by molar-refractivity contribution is 0.0513. The Morgan fingerprint density at radius 3 is 2.39 bits per heavy atom. The molecule has 0 amide bonds. The Morgan fingerprint density at radius 2 is 1.84 bits per heavy atom. The number of nitrogens with one attached hydrogen (secondary N) is 1. The Hall–Kier alpha value is -3.60. The predicted molar refractivity (Wildman–Crippen MR) is 113 cm³/mol. The monoisotopic (exact) mass is 447 g/mol. The van der Waals surface area contributed by atoms with Crippen LogP contribution in [0, 0.1) is 0 Å². The summed E-state index contributed by atoms with van der Waals surface area (Å²) in [5.74, 6) is -0.809. The van der Waals surface area contributed by atoms with Crippen LogP contribution in [-0.2, 0) is 14.8 Å². The number of hydrogen-bond donors (Lipinski definition) is 2. The van der Waals surface area contributed by atoms with E-state index in [9.17, 15) is 23.1 Å². The number of hydrogen-bond acceptors (Lipinski definition) is 7. The molecule has 0 aliphatic heterocycles. The number of aromatic carboxylic acids is 1. The first kappa shape index (κ1) is 22.1. The van der Waals surface area contributed by atoms with Crippen LogP contribution in [0.25, 0.3) is 10.9 Å². The summed E-state index contributed by atoms with van der Waals surface area (Å²) in [5, 5.41) is 10.0. The molecule has 2 heterocycles. The number of benzene rings is 1. The lowest BCUT2D eigenvalue weighted by Gasteiger charge is -2.20. The fraction of sp³-hybridized carbons (Fsp3) is 0.250. The molecule has 0 aliphatic carbocycles. The van der Waals surface area contributed by atoms with Crippen molar-refractivity contribution < 1.29 is 32.6 Å². The molecule has 0 spiro atoms. The topological polar surface area (TPSA) is 137 Å². The van der Waals surface area contributed by atoms with Crippen LogP contribution in [0.3, 0.4) is 0 Å². The average Bonchev–Trinajstić information content (AvgIpc) is 3.00. The van der Waals surface area contributed by atoms with Gasteiger partial charge in [-0.05, 0) is 45.0 Å². The molecule has 0 atom stereocenters. The summed E-state index contributed by atoms with van der Waals surface area (Å²) in [5.41, 5.74) is -0.492. The van der Waals surface area contributed by atoms with Crippen molar-refractivity contribution >= 4 is 38.7 Å². The SMILES string of the molecule is CC(C)(C)OC(=O)n1c(C(=O)O)cc2ccc(Oc3ccc(NS(C)(=O)=O)cn3)cc21. The maximum absolute atomic E-state index is 12.7. The van der Waals surface area contributed by atoms with E-state index in [4.69, 9.17) is 9.47 Å². The molecule has 3 aromatic rings. The quantitative estimate of drug-likeness (QED) is 0.604. The largest absolute Gasteiger partial charge is 0.477 e. The van der Waals surface area contributed by atoms with Gasteiger partial charge in [-0.1, -0.05) is 0 Å². The normalized spacial score (nSPS) is 11.9. The van der Waals surface area contributed by atoms with Gasteiger partial charge in [0.1, 0.15) is 17.0 Å². The highest BCUT2D eigenvalue weighted by molar-refractivity contribution is 7.92. The van der Waals surface area contributed by atoms with Crippen molar-refractivity contribution in [1.82, 2.24) is 9.55 Å². The fourth-order valence-corrected chi connectivity index (χ4v) is 3.29. The molecule has 164 valence electrons. The third-order valence-electron chi connectivity index (χ3n) is 3.83. The van der Waals surface area contributed by atoms with Crippen molar-refractivity contribution in [3.05, 3.63) is 48.3 Å². The molecule has 0 saturated heterocycles. The van der Waals surface area contributed by atoms with Crippen LogP contribution in [0.15, 0.2) is 42.6 Å². The van der Waals surface area contributed by atoms with Crippen molar-refractivity contribution in [2.45, 2.75) is 26.4 Å². The molecular weight excluding hydrogens is 426 g/mol. The van der Waals surface area contributed by atoms with Crippen molar-refractivity contribution in [2.75, 3.05) is 11.0 Å². The van der Waals surface area contributed by atoms with Crippen LogP contribution in [-0.4, -0.2) is 47.0 Å². The van der Waals surface area contributed by atoms with E-state index >= 15 is 0 Å². The van der Waals surface area contributed by atoms with Gasteiger partial charge >= 0.3 is 12.1 Å². The predicted octanol–water partition coefficient (Wildman–Crippen LogP) is 3.68. The van der Waals surface area contributed by atoms with Crippen molar-refractivity contribution in [1.29, 1.82) is 0 Å². The van der Waals surface area contributed by atoms with E-state index in [1.165, 1.54) is 30.5 Å². The first-order valence-corrected chi connectivity index (χ1v) is 11.0. The van der Waals surface area contributed by atoms with E-state index in [1.807, 2.05) is 0 Å². The summed E-state index contributed by atoms with van der Waals surface area (Å²) >= 11 is 0. The number of fused-ring (bicyclic) bond motifs is 1. The number of aromatic nitrogens is 2. The number of rotatable bonds is 5. The molecule has 0 saturated carbocycles.